The highest BCUT2D eigenvalue weighted by Crippen LogP contribution is 2.28. The number of thioether (sulfide) groups is 1. The lowest BCUT2D eigenvalue weighted by atomic mass is 10.1. The number of nitrogens with zero attached hydrogens (tertiary/aromatic N) is 4. The van der Waals surface area contributed by atoms with Crippen LogP contribution in [0.5, 0.6) is 5.75 Å². The third kappa shape index (κ3) is 6.15. The number of aryl methyl sites for hydroxylation is 2. The maximum atomic E-state index is 12.5. The van der Waals surface area contributed by atoms with Crippen LogP contribution in [0.25, 0.3) is 0 Å². The highest BCUT2D eigenvalue weighted by molar-refractivity contribution is 7.99. The van der Waals surface area contributed by atoms with Gasteiger partial charge < -0.3 is 10.1 Å². The van der Waals surface area contributed by atoms with Gasteiger partial charge in [0.1, 0.15) is 5.75 Å². The molecule has 3 rings (SSSR count). The standard InChI is InChI=1S/C23H24ClN5O4S/c1-5-10-28-22(16(4)33-18-8-6-14(2)15(3)11-18)26-27-23(28)34-13-21(30)25-20-12-17(29(31)32)7-9-19(20)24/h5-9,11-12,16H,1,10,13H2,2-4H3,(H,25,30). The smallest absolute Gasteiger partial charge is 0.271 e. The van der Waals surface area contributed by atoms with Crippen LogP contribution in [0.4, 0.5) is 11.4 Å². The Morgan fingerprint density at radius 3 is 2.74 bits per heavy atom. The predicted octanol–water partition coefficient (Wildman–Crippen LogP) is 5.51. The summed E-state index contributed by atoms with van der Waals surface area (Å²) in [4.78, 5) is 22.9. The van der Waals surface area contributed by atoms with E-state index in [0.29, 0.717) is 17.5 Å². The van der Waals surface area contributed by atoms with E-state index < -0.39 is 4.92 Å². The number of non-ortho nitro benzene ring substituents is 1. The third-order valence-electron chi connectivity index (χ3n) is 4.98. The number of nitro benzene ring substituents is 1. The predicted molar refractivity (Wildman–Crippen MR) is 133 cm³/mol. The van der Waals surface area contributed by atoms with Crippen molar-refractivity contribution in [3.63, 3.8) is 0 Å². The number of nitrogens with one attached hydrogen (secondary N) is 1. The molecule has 0 aliphatic heterocycles. The zero-order valence-electron chi connectivity index (χ0n) is 18.9. The fraction of sp³-hybridized carbons (Fsp3) is 0.261. The lowest BCUT2D eigenvalue weighted by molar-refractivity contribution is -0.384. The highest BCUT2D eigenvalue weighted by Gasteiger charge is 2.20. The first-order valence-electron chi connectivity index (χ1n) is 10.3. The molecule has 0 saturated carbocycles. The maximum absolute atomic E-state index is 12.5. The Morgan fingerprint density at radius 2 is 2.06 bits per heavy atom. The van der Waals surface area contributed by atoms with Crippen LogP contribution >= 0.6 is 23.4 Å². The monoisotopic (exact) mass is 501 g/mol. The van der Waals surface area contributed by atoms with Crippen LogP contribution in [0.2, 0.25) is 5.02 Å². The Balaban J connectivity index is 1.70. The molecular weight excluding hydrogens is 478 g/mol. The second-order valence-corrected chi connectivity index (χ2v) is 8.85. The lowest BCUT2D eigenvalue weighted by Gasteiger charge is -2.16. The van der Waals surface area contributed by atoms with E-state index in [1.54, 1.807) is 6.08 Å². The van der Waals surface area contributed by atoms with Crippen molar-refractivity contribution in [2.45, 2.75) is 38.6 Å². The fourth-order valence-electron chi connectivity index (χ4n) is 3.09. The molecule has 1 heterocycles. The van der Waals surface area contributed by atoms with Crippen LogP contribution in [-0.4, -0.2) is 31.3 Å². The number of carbonyl (C=O) groups excluding carboxylic acids is 1. The molecular formula is C23H24ClN5O4S. The van der Waals surface area contributed by atoms with Crippen LogP contribution in [0.3, 0.4) is 0 Å². The molecule has 0 spiro atoms. The third-order valence-corrected chi connectivity index (χ3v) is 6.28. The van der Waals surface area contributed by atoms with E-state index in [1.807, 2.05) is 43.5 Å². The van der Waals surface area contributed by atoms with Crippen LogP contribution in [-0.2, 0) is 11.3 Å². The number of carbonyl (C=O) groups is 1. The van der Waals surface area contributed by atoms with Crippen molar-refractivity contribution in [3.8, 4) is 5.75 Å². The molecule has 0 aliphatic rings. The molecule has 178 valence electrons. The number of rotatable bonds is 10. The van der Waals surface area contributed by atoms with Crippen molar-refractivity contribution in [2.24, 2.45) is 0 Å². The second-order valence-electron chi connectivity index (χ2n) is 7.50. The first kappa shape index (κ1) is 25.3. The SMILES string of the molecule is C=CCn1c(SCC(=O)Nc2cc([N+](=O)[O-])ccc2Cl)nnc1C(C)Oc1ccc(C)c(C)c1. The van der Waals surface area contributed by atoms with Gasteiger partial charge in [0.25, 0.3) is 5.69 Å². The summed E-state index contributed by atoms with van der Waals surface area (Å²) in [6.07, 6.45) is 1.32. The van der Waals surface area contributed by atoms with Crippen LogP contribution in [0.1, 0.15) is 30.0 Å². The summed E-state index contributed by atoms with van der Waals surface area (Å²) in [5.41, 5.74) is 2.31. The Kier molecular flexibility index (Phi) is 8.30. The number of hydrogen-bond acceptors (Lipinski definition) is 7. The minimum absolute atomic E-state index is 0.000686. The number of amides is 1. The molecule has 9 nitrogen and oxygen atoms in total. The van der Waals surface area contributed by atoms with Gasteiger partial charge in [-0.1, -0.05) is 35.5 Å². The van der Waals surface area contributed by atoms with Gasteiger partial charge >= 0.3 is 0 Å². The van der Waals surface area contributed by atoms with Gasteiger partial charge in [-0.25, -0.2) is 0 Å². The van der Waals surface area contributed by atoms with Gasteiger partial charge in [-0.3, -0.25) is 19.5 Å². The minimum atomic E-state index is -0.554. The molecule has 3 aromatic rings. The average Bonchev–Trinajstić information content (AvgIpc) is 3.19. The van der Waals surface area contributed by atoms with Crippen LogP contribution < -0.4 is 10.1 Å². The molecule has 0 aliphatic carbocycles. The molecule has 2 aromatic carbocycles. The number of anilines is 1. The summed E-state index contributed by atoms with van der Waals surface area (Å²) in [7, 11) is 0. The molecule has 0 saturated heterocycles. The molecule has 1 unspecified atom stereocenters. The summed E-state index contributed by atoms with van der Waals surface area (Å²) in [5.74, 6) is 0.941. The summed E-state index contributed by atoms with van der Waals surface area (Å²) < 4.78 is 7.90. The minimum Gasteiger partial charge on any atom is -0.483 e. The normalized spacial score (nSPS) is 11.6. The molecule has 1 amide bonds. The zero-order valence-corrected chi connectivity index (χ0v) is 20.5. The first-order chi connectivity index (χ1) is 16.2. The molecule has 11 heteroatoms. The van der Waals surface area contributed by atoms with E-state index in [2.05, 4.69) is 22.1 Å². The zero-order chi connectivity index (χ0) is 24.8. The lowest BCUT2D eigenvalue weighted by Crippen LogP contribution is -2.16. The van der Waals surface area contributed by atoms with E-state index in [1.165, 1.54) is 35.5 Å². The number of aromatic nitrogens is 3. The van der Waals surface area contributed by atoms with Crippen LogP contribution in [0, 0.1) is 24.0 Å². The topological polar surface area (TPSA) is 112 Å². The number of halogens is 1. The van der Waals surface area contributed by atoms with Crippen molar-refractivity contribution in [3.05, 3.63) is 81.1 Å². The molecule has 0 fully saturated rings. The largest absolute Gasteiger partial charge is 0.483 e. The average molecular weight is 502 g/mol. The van der Waals surface area contributed by atoms with Gasteiger partial charge in [0, 0.05) is 18.7 Å². The van der Waals surface area contributed by atoms with E-state index >= 15 is 0 Å². The number of ether oxygens (including phenoxy) is 1. The molecule has 1 aromatic heterocycles. The first-order valence-corrected chi connectivity index (χ1v) is 11.7. The number of hydrogen-bond donors (Lipinski definition) is 1. The fourth-order valence-corrected chi connectivity index (χ4v) is 4.01. The van der Waals surface area contributed by atoms with Crippen molar-refractivity contribution < 1.29 is 14.5 Å². The van der Waals surface area contributed by atoms with E-state index in [4.69, 9.17) is 16.3 Å². The van der Waals surface area contributed by atoms with Gasteiger partial charge in [0.2, 0.25) is 5.91 Å². The number of benzene rings is 2. The molecule has 34 heavy (non-hydrogen) atoms. The Morgan fingerprint density at radius 1 is 1.29 bits per heavy atom. The van der Waals surface area contributed by atoms with Gasteiger partial charge in [0.15, 0.2) is 17.1 Å². The Bertz CT molecular complexity index is 1230. The van der Waals surface area contributed by atoms with Crippen molar-refractivity contribution in [2.75, 3.05) is 11.1 Å². The van der Waals surface area contributed by atoms with Crippen molar-refractivity contribution >= 4 is 40.6 Å². The molecule has 1 atom stereocenters. The summed E-state index contributed by atoms with van der Waals surface area (Å²) in [6, 6.07) is 9.74. The number of nitro groups is 1. The summed E-state index contributed by atoms with van der Waals surface area (Å²) >= 11 is 7.23. The maximum Gasteiger partial charge on any atom is 0.271 e. The second kappa shape index (κ2) is 11.2. The van der Waals surface area contributed by atoms with E-state index in [-0.39, 0.29) is 34.2 Å². The quantitative estimate of drug-likeness (QED) is 0.168. The van der Waals surface area contributed by atoms with Gasteiger partial charge in [-0.05, 0) is 50.1 Å². The van der Waals surface area contributed by atoms with E-state index in [0.717, 1.165) is 11.3 Å². The van der Waals surface area contributed by atoms with Gasteiger partial charge in [-0.2, -0.15) is 0 Å². The summed E-state index contributed by atoms with van der Waals surface area (Å²) in [5, 5.41) is 22.8. The summed E-state index contributed by atoms with van der Waals surface area (Å²) in [6.45, 7) is 10.2. The van der Waals surface area contributed by atoms with E-state index in [9.17, 15) is 14.9 Å². The molecule has 1 N–H and O–H groups in total. The van der Waals surface area contributed by atoms with Crippen LogP contribution in [0.15, 0.2) is 54.2 Å². The molecule has 0 radical (unpaired) electrons. The Hall–Kier alpha value is -3.37. The van der Waals surface area contributed by atoms with Gasteiger partial charge in [0.05, 0.1) is 21.4 Å². The number of allylic oxidation sites excluding steroid dienone is 1. The van der Waals surface area contributed by atoms with Crippen molar-refractivity contribution in [1.82, 2.24) is 14.8 Å². The highest BCUT2D eigenvalue weighted by atomic mass is 35.5. The molecule has 0 bridgehead atoms. The Labute approximate surface area is 206 Å². The van der Waals surface area contributed by atoms with Gasteiger partial charge in [-0.15, -0.1) is 16.8 Å². The van der Waals surface area contributed by atoms with Crippen molar-refractivity contribution in [1.29, 1.82) is 0 Å².